The van der Waals surface area contributed by atoms with Crippen LogP contribution in [0.4, 0.5) is 5.69 Å². The van der Waals surface area contributed by atoms with Crippen molar-refractivity contribution in [1.29, 1.82) is 0 Å². The molecule has 4 nitrogen and oxygen atoms in total. The monoisotopic (exact) mass is 360 g/mol. The zero-order valence-corrected chi connectivity index (χ0v) is 13.1. The van der Waals surface area contributed by atoms with Crippen LogP contribution in [0.5, 0.6) is 0 Å². The molecule has 1 heterocycles. The number of hydrogen-bond donors (Lipinski definition) is 0. The van der Waals surface area contributed by atoms with Crippen molar-refractivity contribution in [3.63, 3.8) is 0 Å². The van der Waals surface area contributed by atoms with Crippen LogP contribution in [0.1, 0.15) is 0 Å². The summed E-state index contributed by atoms with van der Waals surface area (Å²) in [5.74, 6) is 0. The lowest BCUT2D eigenvalue weighted by atomic mass is 10.4. The summed E-state index contributed by atoms with van der Waals surface area (Å²) in [5.41, 5.74) is 0.494. The van der Waals surface area contributed by atoms with Gasteiger partial charge in [0.2, 0.25) is 0 Å². The summed E-state index contributed by atoms with van der Waals surface area (Å²) in [6, 6.07) is 7.84. The van der Waals surface area contributed by atoms with Crippen molar-refractivity contribution in [2.24, 2.45) is 0 Å². The normalized spacial score (nSPS) is 11.3. The molecule has 0 saturated carbocycles. The highest BCUT2D eigenvalue weighted by atomic mass is 79.9. The largest absolute Gasteiger partial charge is 0.268 e. The standard InChI is InChI=1S/C12H10BrClN2O2S/c1-16(9-3-2-6-15-8-9)19(17,18)10-4-5-12(14)11(13)7-10/h2-8H,1H3. The smallest absolute Gasteiger partial charge is 0.264 e. The fourth-order valence-corrected chi connectivity index (χ4v) is 3.33. The molecule has 0 N–H and O–H groups in total. The second kappa shape index (κ2) is 5.48. The highest BCUT2D eigenvalue weighted by Gasteiger charge is 2.22. The van der Waals surface area contributed by atoms with Crippen molar-refractivity contribution in [3.05, 3.63) is 52.2 Å². The van der Waals surface area contributed by atoms with Crippen molar-refractivity contribution >= 4 is 43.2 Å². The maximum absolute atomic E-state index is 12.4. The van der Waals surface area contributed by atoms with Gasteiger partial charge in [-0.1, -0.05) is 11.6 Å². The van der Waals surface area contributed by atoms with Crippen LogP contribution < -0.4 is 4.31 Å². The van der Waals surface area contributed by atoms with E-state index in [-0.39, 0.29) is 4.90 Å². The molecule has 1 aromatic heterocycles. The topological polar surface area (TPSA) is 50.3 Å². The maximum Gasteiger partial charge on any atom is 0.264 e. The predicted octanol–water partition coefficient (Wildman–Crippen LogP) is 3.32. The van der Waals surface area contributed by atoms with Gasteiger partial charge in [-0.05, 0) is 46.3 Å². The van der Waals surface area contributed by atoms with Gasteiger partial charge in [0.05, 0.1) is 21.8 Å². The van der Waals surface area contributed by atoms with Gasteiger partial charge in [0.1, 0.15) is 0 Å². The van der Waals surface area contributed by atoms with Crippen molar-refractivity contribution in [2.45, 2.75) is 4.90 Å². The highest BCUT2D eigenvalue weighted by Crippen LogP contribution is 2.28. The van der Waals surface area contributed by atoms with E-state index in [1.807, 2.05) is 0 Å². The van der Waals surface area contributed by atoms with E-state index >= 15 is 0 Å². The molecule has 0 aliphatic carbocycles. The third-order valence-corrected chi connectivity index (χ3v) is 5.55. The lowest BCUT2D eigenvalue weighted by molar-refractivity contribution is 0.594. The minimum absolute atomic E-state index is 0.162. The summed E-state index contributed by atoms with van der Waals surface area (Å²) in [4.78, 5) is 4.07. The molecule has 0 spiro atoms. The van der Waals surface area contributed by atoms with Crippen LogP contribution in [-0.2, 0) is 10.0 Å². The van der Waals surface area contributed by atoms with Gasteiger partial charge in [0.15, 0.2) is 0 Å². The van der Waals surface area contributed by atoms with Gasteiger partial charge in [0, 0.05) is 17.7 Å². The van der Waals surface area contributed by atoms with E-state index in [2.05, 4.69) is 20.9 Å². The summed E-state index contributed by atoms with van der Waals surface area (Å²) in [7, 11) is -2.15. The van der Waals surface area contributed by atoms with Gasteiger partial charge in [-0.25, -0.2) is 8.42 Å². The Morgan fingerprint density at radius 1 is 1.32 bits per heavy atom. The molecule has 0 aliphatic rings. The van der Waals surface area contributed by atoms with E-state index in [9.17, 15) is 8.42 Å². The van der Waals surface area contributed by atoms with Gasteiger partial charge < -0.3 is 0 Å². The lowest BCUT2D eigenvalue weighted by Crippen LogP contribution is -2.26. The highest BCUT2D eigenvalue weighted by molar-refractivity contribution is 9.10. The number of halogens is 2. The Kier molecular flexibility index (Phi) is 4.13. The number of nitrogens with zero attached hydrogens (tertiary/aromatic N) is 2. The average Bonchev–Trinajstić information content (AvgIpc) is 2.41. The first kappa shape index (κ1) is 14.3. The Bertz CT molecular complexity index is 692. The van der Waals surface area contributed by atoms with Crippen LogP contribution in [0.3, 0.4) is 0 Å². The number of pyridine rings is 1. The fourth-order valence-electron chi connectivity index (χ4n) is 1.47. The average molecular weight is 362 g/mol. The first-order chi connectivity index (χ1) is 8.93. The number of sulfonamides is 1. The third kappa shape index (κ3) is 2.91. The van der Waals surface area contributed by atoms with E-state index in [0.717, 1.165) is 0 Å². The minimum Gasteiger partial charge on any atom is -0.268 e. The molecule has 2 rings (SSSR count). The number of rotatable bonds is 3. The molecule has 0 saturated heterocycles. The van der Waals surface area contributed by atoms with Crippen LogP contribution in [0.15, 0.2) is 52.1 Å². The molecule has 0 radical (unpaired) electrons. The van der Waals surface area contributed by atoms with Crippen molar-refractivity contribution in [3.8, 4) is 0 Å². The number of hydrogen-bond acceptors (Lipinski definition) is 3. The molecule has 19 heavy (non-hydrogen) atoms. The van der Waals surface area contributed by atoms with E-state index in [4.69, 9.17) is 11.6 Å². The molecule has 7 heteroatoms. The number of aromatic nitrogens is 1. The second-order valence-electron chi connectivity index (χ2n) is 3.76. The van der Waals surface area contributed by atoms with E-state index < -0.39 is 10.0 Å². The van der Waals surface area contributed by atoms with E-state index in [0.29, 0.717) is 15.2 Å². The quantitative estimate of drug-likeness (QED) is 0.842. The Labute approximate surface area is 125 Å². The molecular weight excluding hydrogens is 352 g/mol. The zero-order valence-electron chi connectivity index (χ0n) is 9.92. The third-order valence-electron chi connectivity index (χ3n) is 2.56. The van der Waals surface area contributed by atoms with Crippen LogP contribution >= 0.6 is 27.5 Å². The molecule has 100 valence electrons. The van der Waals surface area contributed by atoms with Gasteiger partial charge in [-0.2, -0.15) is 0 Å². The maximum atomic E-state index is 12.4. The van der Waals surface area contributed by atoms with Gasteiger partial charge in [-0.15, -0.1) is 0 Å². The Morgan fingerprint density at radius 2 is 2.05 bits per heavy atom. The first-order valence-electron chi connectivity index (χ1n) is 5.27. The fraction of sp³-hybridized carbons (Fsp3) is 0.0833. The predicted molar refractivity (Wildman–Crippen MR) is 79.0 cm³/mol. The summed E-state index contributed by atoms with van der Waals surface area (Å²) in [6.07, 6.45) is 3.07. The van der Waals surface area contributed by atoms with Crippen LogP contribution in [0.25, 0.3) is 0 Å². The van der Waals surface area contributed by atoms with Crippen molar-refractivity contribution < 1.29 is 8.42 Å². The lowest BCUT2D eigenvalue weighted by Gasteiger charge is -2.19. The molecule has 2 aromatic rings. The minimum atomic E-state index is -3.63. The van der Waals surface area contributed by atoms with Crippen LogP contribution in [-0.4, -0.2) is 20.4 Å². The Morgan fingerprint density at radius 3 is 2.63 bits per heavy atom. The second-order valence-corrected chi connectivity index (χ2v) is 6.99. The van der Waals surface area contributed by atoms with Gasteiger partial charge in [-0.3, -0.25) is 9.29 Å². The molecule has 0 aliphatic heterocycles. The molecule has 0 atom stereocenters. The SMILES string of the molecule is CN(c1cccnc1)S(=O)(=O)c1ccc(Cl)c(Br)c1. The molecule has 0 fully saturated rings. The van der Waals surface area contributed by atoms with Crippen molar-refractivity contribution in [1.82, 2.24) is 4.98 Å². The zero-order chi connectivity index (χ0) is 14.0. The summed E-state index contributed by atoms with van der Waals surface area (Å²) in [5, 5.41) is 0.461. The van der Waals surface area contributed by atoms with E-state index in [1.165, 1.54) is 35.7 Å². The summed E-state index contributed by atoms with van der Waals surface area (Å²) >= 11 is 9.08. The number of benzene rings is 1. The van der Waals surface area contributed by atoms with Crippen LogP contribution in [0, 0.1) is 0 Å². The Balaban J connectivity index is 2.45. The molecule has 0 amide bonds. The molecular formula is C12H10BrClN2O2S. The molecule has 1 aromatic carbocycles. The van der Waals surface area contributed by atoms with Gasteiger partial charge in [0.25, 0.3) is 10.0 Å². The van der Waals surface area contributed by atoms with Gasteiger partial charge >= 0.3 is 0 Å². The first-order valence-corrected chi connectivity index (χ1v) is 7.88. The summed E-state index contributed by atoms with van der Waals surface area (Å²) in [6.45, 7) is 0. The van der Waals surface area contributed by atoms with Crippen LogP contribution in [0.2, 0.25) is 5.02 Å². The van der Waals surface area contributed by atoms with E-state index in [1.54, 1.807) is 18.3 Å². The molecule has 0 bridgehead atoms. The summed E-state index contributed by atoms with van der Waals surface area (Å²) < 4.78 is 26.6. The Hall–Kier alpha value is -1.11. The van der Waals surface area contributed by atoms with Crippen molar-refractivity contribution in [2.75, 3.05) is 11.4 Å². The number of anilines is 1. The molecule has 0 unspecified atom stereocenters.